The van der Waals surface area contributed by atoms with E-state index in [0.717, 1.165) is 12.8 Å². The second kappa shape index (κ2) is 4.53. The summed E-state index contributed by atoms with van der Waals surface area (Å²) in [5.41, 5.74) is 0.428. The third-order valence-electron chi connectivity index (χ3n) is 2.86. The molecule has 0 radical (unpaired) electrons. The second-order valence-electron chi connectivity index (χ2n) is 3.97. The van der Waals surface area contributed by atoms with Crippen molar-refractivity contribution < 1.29 is 13.9 Å². The Morgan fingerprint density at radius 2 is 2.25 bits per heavy atom. The molecule has 0 bridgehead atoms. The van der Waals surface area contributed by atoms with E-state index in [1.807, 2.05) is 0 Å². The first-order valence-electron chi connectivity index (χ1n) is 5.17. The van der Waals surface area contributed by atoms with E-state index in [9.17, 15) is 9.18 Å². The third kappa shape index (κ3) is 2.12. The highest BCUT2D eigenvalue weighted by molar-refractivity contribution is 9.10. The van der Waals surface area contributed by atoms with Crippen LogP contribution in [0.2, 0.25) is 0 Å². The van der Waals surface area contributed by atoms with Gasteiger partial charge in [0.25, 0.3) is 0 Å². The van der Waals surface area contributed by atoms with Gasteiger partial charge in [-0.2, -0.15) is 0 Å². The highest BCUT2D eigenvalue weighted by Crippen LogP contribution is 2.45. The largest absolute Gasteiger partial charge is 0.469 e. The first kappa shape index (κ1) is 11.6. The molecule has 0 spiro atoms. The molecule has 1 fully saturated rings. The zero-order valence-corrected chi connectivity index (χ0v) is 10.5. The van der Waals surface area contributed by atoms with E-state index in [1.165, 1.54) is 13.2 Å². The summed E-state index contributed by atoms with van der Waals surface area (Å²) in [5.74, 6) is -0.953. The summed E-state index contributed by atoms with van der Waals surface area (Å²) in [6.45, 7) is 0. The molecule has 16 heavy (non-hydrogen) atoms. The predicted molar refractivity (Wildman–Crippen MR) is 61.6 cm³/mol. The van der Waals surface area contributed by atoms with Crippen LogP contribution in [0.25, 0.3) is 0 Å². The van der Waals surface area contributed by atoms with Crippen molar-refractivity contribution in [2.75, 3.05) is 7.11 Å². The molecule has 1 atom stereocenters. The molecule has 1 aliphatic rings. The topological polar surface area (TPSA) is 26.3 Å². The molecule has 1 aromatic carbocycles. The average molecular weight is 287 g/mol. The van der Waals surface area contributed by atoms with E-state index >= 15 is 0 Å². The molecule has 1 unspecified atom stereocenters. The number of halogens is 2. The van der Waals surface area contributed by atoms with Crippen molar-refractivity contribution in [3.05, 3.63) is 34.1 Å². The minimum atomic E-state index is -0.472. The molecule has 1 aliphatic carbocycles. The van der Waals surface area contributed by atoms with Crippen molar-refractivity contribution in [3.8, 4) is 0 Å². The summed E-state index contributed by atoms with van der Waals surface area (Å²) in [6.07, 6.45) is 1.92. The number of carbonyl (C=O) groups is 1. The fraction of sp³-hybridized carbons (Fsp3) is 0.417. The van der Waals surface area contributed by atoms with E-state index in [1.54, 1.807) is 12.1 Å². The van der Waals surface area contributed by atoms with Crippen molar-refractivity contribution in [2.24, 2.45) is 5.92 Å². The molecular formula is C12H12BrFO2. The van der Waals surface area contributed by atoms with Crippen LogP contribution < -0.4 is 0 Å². The fourth-order valence-electron chi connectivity index (χ4n) is 1.91. The van der Waals surface area contributed by atoms with Crippen molar-refractivity contribution in [1.82, 2.24) is 0 Å². The molecule has 0 N–H and O–H groups in total. The average Bonchev–Trinajstić information content (AvgIpc) is 3.06. The van der Waals surface area contributed by atoms with Crippen molar-refractivity contribution in [3.63, 3.8) is 0 Å². The van der Waals surface area contributed by atoms with Crippen LogP contribution in [0.1, 0.15) is 24.3 Å². The molecule has 1 saturated carbocycles. The molecule has 0 saturated heterocycles. The normalized spacial score (nSPS) is 16.9. The number of esters is 1. The van der Waals surface area contributed by atoms with E-state index in [-0.39, 0.29) is 17.7 Å². The van der Waals surface area contributed by atoms with Gasteiger partial charge in [0.15, 0.2) is 0 Å². The quantitative estimate of drug-likeness (QED) is 0.798. The summed E-state index contributed by atoms with van der Waals surface area (Å²) in [5, 5.41) is 0. The number of benzene rings is 1. The van der Waals surface area contributed by atoms with Crippen molar-refractivity contribution in [2.45, 2.75) is 18.8 Å². The Labute approximate surface area is 102 Å². The molecule has 86 valence electrons. The van der Waals surface area contributed by atoms with Gasteiger partial charge >= 0.3 is 5.97 Å². The Balaban J connectivity index is 2.42. The Kier molecular flexibility index (Phi) is 3.28. The summed E-state index contributed by atoms with van der Waals surface area (Å²) in [6, 6.07) is 4.74. The van der Waals surface area contributed by atoms with Gasteiger partial charge in [0.2, 0.25) is 0 Å². The van der Waals surface area contributed by atoms with E-state index in [2.05, 4.69) is 15.9 Å². The van der Waals surface area contributed by atoms with Gasteiger partial charge in [0, 0.05) is 10.0 Å². The number of ether oxygens (including phenoxy) is 1. The van der Waals surface area contributed by atoms with Crippen LogP contribution in [-0.4, -0.2) is 13.1 Å². The highest BCUT2D eigenvalue weighted by atomic mass is 79.9. The van der Waals surface area contributed by atoms with Crippen LogP contribution in [0, 0.1) is 11.7 Å². The Morgan fingerprint density at radius 3 is 2.75 bits per heavy atom. The summed E-state index contributed by atoms with van der Waals surface area (Å²) < 4.78 is 19.1. The lowest BCUT2D eigenvalue weighted by Gasteiger charge is -2.16. The highest BCUT2D eigenvalue weighted by Gasteiger charge is 2.40. The minimum absolute atomic E-state index is 0.223. The van der Waals surface area contributed by atoms with Gasteiger partial charge in [-0.25, -0.2) is 4.39 Å². The molecule has 2 rings (SSSR count). The molecule has 0 aromatic heterocycles. The fourth-order valence-corrected chi connectivity index (χ4v) is 2.50. The van der Waals surface area contributed by atoms with E-state index in [4.69, 9.17) is 4.74 Å². The number of methoxy groups -OCH3 is 1. The Hall–Kier alpha value is -0.900. The molecule has 0 aliphatic heterocycles. The third-order valence-corrected chi connectivity index (χ3v) is 3.55. The van der Waals surface area contributed by atoms with Crippen molar-refractivity contribution in [1.29, 1.82) is 0 Å². The minimum Gasteiger partial charge on any atom is -0.469 e. The molecule has 0 amide bonds. The van der Waals surface area contributed by atoms with Gasteiger partial charge in [-0.05, 0) is 30.9 Å². The van der Waals surface area contributed by atoms with Crippen LogP contribution >= 0.6 is 15.9 Å². The number of carbonyl (C=O) groups excluding carboxylic acids is 1. The van der Waals surface area contributed by atoms with Crippen LogP contribution in [-0.2, 0) is 9.53 Å². The van der Waals surface area contributed by atoms with Crippen LogP contribution in [0.4, 0.5) is 4.39 Å². The molecule has 1 aromatic rings. The van der Waals surface area contributed by atoms with E-state index < -0.39 is 5.92 Å². The Morgan fingerprint density at radius 1 is 1.56 bits per heavy atom. The summed E-state index contributed by atoms with van der Waals surface area (Å²) in [7, 11) is 1.34. The van der Waals surface area contributed by atoms with Gasteiger partial charge in [-0.3, -0.25) is 4.79 Å². The second-order valence-corrected chi connectivity index (χ2v) is 4.83. The summed E-state index contributed by atoms with van der Waals surface area (Å²) in [4.78, 5) is 11.7. The van der Waals surface area contributed by atoms with Crippen LogP contribution in [0.15, 0.2) is 22.7 Å². The Bertz CT molecular complexity index is 395. The maximum Gasteiger partial charge on any atom is 0.313 e. The number of rotatable bonds is 3. The lowest BCUT2D eigenvalue weighted by atomic mass is 9.94. The number of hydrogen-bond donors (Lipinski definition) is 0. The van der Waals surface area contributed by atoms with Crippen molar-refractivity contribution >= 4 is 21.9 Å². The first-order valence-corrected chi connectivity index (χ1v) is 5.96. The molecule has 2 nitrogen and oxygen atoms in total. The zero-order chi connectivity index (χ0) is 11.7. The zero-order valence-electron chi connectivity index (χ0n) is 8.87. The lowest BCUT2D eigenvalue weighted by Crippen LogP contribution is -2.18. The smallest absolute Gasteiger partial charge is 0.313 e. The van der Waals surface area contributed by atoms with Gasteiger partial charge in [-0.15, -0.1) is 0 Å². The molecule has 4 heteroatoms. The molecular weight excluding hydrogens is 275 g/mol. The first-order chi connectivity index (χ1) is 7.65. The van der Waals surface area contributed by atoms with Gasteiger partial charge in [-0.1, -0.05) is 22.0 Å². The lowest BCUT2D eigenvalue weighted by molar-refractivity contribution is -0.143. The standard InChI is InChI=1S/C12H12BrFO2/c1-16-12(15)10(7-5-6-7)11-8(13)3-2-4-9(11)14/h2-4,7,10H,5-6H2,1H3. The van der Waals surface area contributed by atoms with E-state index in [0.29, 0.717) is 10.0 Å². The predicted octanol–water partition coefficient (Wildman–Crippen LogP) is 3.25. The van der Waals surface area contributed by atoms with Crippen LogP contribution in [0.5, 0.6) is 0 Å². The van der Waals surface area contributed by atoms with Crippen LogP contribution in [0.3, 0.4) is 0 Å². The van der Waals surface area contributed by atoms with Gasteiger partial charge in [0.1, 0.15) is 5.82 Å². The van der Waals surface area contributed by atoms with Gasteiger partial charge < -0.3 is 4.74 Å². The maximum atomic E-state index is 13.7. The SMILES string of the molecule is COC(=O)C(c1c(F)cccc1Br)C1CC1. The summed E-state index contributed by atoms with van der Waals surface area (Å²) >= 11 is 3.29. The molecule has 0 heterocycles. The van der Waals surface area contributed by atoms with Gasteiger partial charge in [0.05, 0.1) is 13.0 Å². The maximum absolute atomic E-state index is 13.7. The monoisotopic (exact) mass is 286 g/mol. The number of hydrogen-bond acceptors (Lipinski definition) is 2.